The number of hydrogen-bond acceptors (Lipinski definition) is 4. The summed E-state index contributed by atoms with van der Waals surface area (Å²) in [6.45, 7) is 2.92. The first-order chi connectivity index (χ1) is 10.3. The lowest BCUT2D eigenvalue weighted by Crippen LogP contribution is -2.33. The minimum absolute atomic E-state index is 0. The molecule has 1 aliphatic heterocycles. The maximum absolute atomic E-state index is 12.2. The van der Waals surface area contributed by atoms with E-state index in [2.05, 4.69) is 20.6 Å². The molecule has 0 aliphatic carbocycles. The number of nitrogens with one attached hydrogen (secondary N) is 2. The molecule has 2 N–H and O–H groups in total. The molecule has 1 aliphatic rings. The van der Waals surface area contributed by atoms with Crippen molar-refractivity contribution in [1.82, 2.24) is 20.6 Å². The van der Waals surface area contributed by atoms with Gasteiger partial charge in [-0.2, -0.15) is 0 Å². The lowest BCUT2D eigenvalue weighted by molar-refractivity contribution is 0.0951. The number of nitrogens with zero attached hydrogens (tertiary/aromatic N) is 2. The molecule has 2 heterocycles. The quantitative estimate of drug-likeness (QED) is 0.906. The van der Waals surface area contributed by atoms with Gasteiger partial charge in [0, 0.05) is 24.5 Å². The molecule has 1 amide bonds. The Labute approximate surface area is 136 Å². The van der Waals surface area contributed by atoms with Crippen molar-refractivity contribution in [1.29, 1.82) is 0 Å². The molecule has 1 saturated heterocycles. The van der Waals surface area contributed by atoms with Gasteiger partial charge in [0.05, 0.1) is 11.0 Å². The summed E-state index contributed by atoms with van der Waals surface area (Å²) in [5.41, 5.74) is 2.20. The second-order valence-electron chi connectivity index (χ2n) is 5.52. The summed E-state index contributed by atoms with van der Waals surface area (Å²) in [6.07, 6.45) is 6.82. The summed E-state index contributed by atoms with van der Waals surface area (Å²) < 4.78 is 0. The molecule has 3 rings (SSSR count). The maximum Gasteiger partial charge on any atom is 0.251 e. The Balaban J connectivity index is 0.00000176. The molecule has 118 valence electrons. The van der Waals surface area contributed by atoms with Gasteiger partial charge in [-0.15, -0.1) is 12.4 Å². The summed E-state index contributed by atoms with van der Waals surface area (Å²) in [5.74, 6) is 0.646. The first-order valence-electron chi connectivity index (χ1n) is 7.52. The van der Waals surface area contributed by atoms with Crippen molar-refractivity contribution in [3.63, 3.8) is 0 Å². The molecule has 0 radical (unpaired) electrons. The summed E-state index contributed by atoms with van der Waals surface area (Å²) >= 11 is 0. The van der Waals surface area contributed by atoms with Crippen LogP contribution in [-0.2, 0) is 0 Å². The molecule has 1 atom stereocenters. The van der Waals surface area contributed by atoms with E-state index in [0.717, 1.165) is 37.1 Å². The third kappa shape index (κ3) is 4.15. The maximum atomic E-state index is 12.2. The largest absolute Gasteiger partial charge is 0.352 e. The predicted molar refractivity (Wildman–Crippen MR) is 89.3 cm³/mol. The molecule has 6 heteroatoms. The molecule has 22 heavy (non-hydrogen) atoms. The Hall–Kier alpha value is -1.72. The highest BCUT2D eigenvalue weighted by atomic mass is 35.5. The van der Waals surface area contributed by atoms with Crippen LogP contribution in [0, 0.1) is 5.92 Å². The number of carbonyl (C=O) groups excluding carboxylic acids is 1. The highest BCUT2D eigenvalue weighted by Gasteiger charge is 2.13. The van der Waals surface area contributed by atoms with Gasteiger partial charge in [-0.05, 0) is 56.5 Å². The van der Waals surface area contributed by atoms with E-state index < -0.39 is 0 Å². The number of rotatable bonds is 4. The van der Waals surface area contributed by atoms with Crippen LogP contribution in [0.2, 0.25) is 0 Å². The van der Waals surface area contributed by atoms with Crippen molar-refractivity contribution < 1.29 is 4.79 Å². The highest BCUT2D eigenvalue weighted by Crippen LogP contribution is 2.14. The van der Waals surface area contributed by atoms with E-state index >= 15 is 0 Å². The first kappa shape index (κ1) is 16.6. The van der Waals surface area contributed by atoms with Crippen molar-refractivity contribution in [3.8, 4) is 0 Å². The van der Waals surface area contributed by atoms with Crippen LogP contribution in [0.3, 0.4) is 0 Å². The van der Waals surface area contributed by atoms with Gasteiger partial charge in [-0.25, -0.2) is 0 Å². The van der Waals surface area contributed by atoms with Gasteiger partial charge in [0.1, 0.15) is 0 Å². The molecule has 0 bridgehead atoms. The molecule has 5 nitrogen and oxygen atoms in total. The molecular weight excluding hydrogens is 300 g/mol. The number of fused-ring (bicyclic) bond motifs is 1. The van der Waals surface area contributed by atoms with Crippen LogP contribution in [-0.4, -0.2) is 35.5 Å². The van der Waals surface area contributed by atoms with Gasteiger partial charge < -0.3 is 10.6 Å². The summed E-state index contributed by atoms with van der Waals surface area (Å²) in [7, 11) is 0. The van der Waals surface area contributed by atoms with E-state index in [-0.39, 0.29) is 18.3 Å². The lowest BCUT2D eigenvalue weighted by atomic mass is 9.96. The van der Waals surface area contributed by atoms with Crippen LogP contribution < -0.4 is 10.6 Å². The minimum Gasteiger partial charge on any atom is -0.352 e. The van der Waals surface area contributed by atoms with Gasteiger partial charge in [0.2, 0.25) is 0 Å². The molecule has 0 saturated carbocycles. The van der Waals surface area contributed by atoms with Gasteiger partial charge in [-0.1, -0.05) is 0 Å². The van der Waals surface area contributed by atoms with Gasteiger partial charge in [0.15, 0.2) is 0 Å². The van der Waals surface area contributed by atoms with Crippen molar-refractivity contribution in [2.24, 2.45) is 5.92 Å². The number of amides is 1. The Morgan fingerprint density at radius 3 is 2.86 bits per heavy atom. The van der Waals surface area contributed by atoms with E-state index in [1.807, 2.05) is 6.07 Å². The zero-order valence-corrected chi connectivity index (χ0v) is 13.2. The summed E-state index contributed by atoms with van der Waals surface area (Å²) in [6, 6.07) is 5.43. The average molecular weight is 321 g/mol. The van der Waals surface area contributed by atoms with E-state index in [0.29, 0.717) is 11.5 Å². The molecule has 1 aromatic heterocycles. The smallest absolute Gasteiger partial charge is 0.251 e. The molecule has 2 aromatic rings. The van der Waals surface area contributed by atoms with Crippen molar-refractivity contribution in [2.45, 2.75) is 19.3 Å². The number of aromatic nitrogens is 2. The zero-order chi connectivity index (χ0) is 14.5. The van der Waals surface area contributed by atoms with Crippen molar-refractivity contribution in [2.75, 3.05) is 19.6 Å². The van der Waals surface area contributed by atoms with E-state index in [9.17, 15) is 4.79 Å². The fraction of sp³-hybridized carbons (Fsp3) is 0.438. The van der Waals surface area contributed by atoms with E-state index in [1.165, 1.54) is 12.8 Å². The van der Waals surface area contributed by atoms with Crippen LogP contribution in [0.4, 0.5) is 0 Å². The third-order valence-corrected chi connectivity index (χ3v) is 3.97. The van der Waals surface area contributed by atoms with E-state index in [1.54, 1.807) is 24.5 Å². The highest BCUT2D eigenvalue weighted by molar-refractivity contribution is 5.97. The topological polar surface area (TPSA) is 66.9 Å². The molecular formula is C16H21ClN4O. The summed E-state index contributed by atoms with van der Waals surface area (Å²) in [4.78, 5) is 20.6. The SMILES string of the molecule is Cl.O=C(NCCC1CCCNC1)c1ccc2nccnc2c1. The number of piperidine rings is 1. The Morgan fingerprint density at radius 2 is 2.09 bits per heavy atom. The van der Waals surface area contributed by atoms with Crippen LogP contribution in [0.1, 0.15) is 29.6 Å². The van der Waals surface area contributed by atoms with Crippen LogP contribution >= 0.6 is 12.4 Å². The van der Waals surface area contributed by atoms with Gasteiger partial charge in [-0.3, -0.25) is 14.8 Å². The fourth-order valence-electron chi connectivity index (χ4n) is 2.77. The molecule has 1 fully saturated rings. The third-order valence-electron chi connectivity index (χ3n) is 3.97. The normalized spacial score (nSPS) is 17.7. The zero-order valence-electron chi connectivity index (χ0n) is 12.4. The lowest BCUT2D eigenvalue weighted by Gasteiger charge is -2.22. The number of carbonyl (C=O) groups is 1. The number of benzene rings is 1. The Kier molecular flexibility index (Phi) is 6.10. The molecule has 1 aromatic carbocycles. The monoisotopic (exact) mass is 320 g/mol. The van der Waals surface area contributed by atoms with Gasteiger partial charge in [0.25, 0.3) is 5.91 Å². The molecule has 1 unspecified atom stereocenters. The molecule has 0 spiro atoms. The van der Waals surface area contributed by atoms with E-state index in [4.69, 9.17) is 0 Å². The summed E-state index contributed by atoms with van der Waals surface area (Å²) in [5, 5.41) is 6.39. The first-order valence-corrected chi connectivity index (χ1v) is 7.52. The fourth-order valence-corrected chi connectivity index (χ4v) is 2.77. The Bertz CT molecular complexity index is 628. The minimum atomic E-state index is -0.0358. The predicted octanol–water partition coefficient (Wildman–Crippen LogP) is 2.17. The number of hydrogen-bond donors (Lipinski definition) is 2. The number of halogens is 1. The second kappa shape index (κ2) is 8.06. The van der Waals surface area contributed by atoms with Gasteiger partial charge >= 0.3 is 0 Å². The van der Waals surface area contributed by atoms with Crippen LogP contribution in [0.5, 0.6) is 0 Å². The van der Waals surface area contributed by atoms with Crippen molar-refractivity contribution in [3.05, 3.63) is 36.2 Å². The van der Waals surface area contributed by atoms with Crippen LogP contribution in [0.15, 0.2) is 30.6 Å². The Morgan fingerprint density at radius 1 is 1.27 bits per heavy atom. The second-order valence-corrected chi connectivity index (χ2v) is 5.52. The standard InChI is InChI=1S/C16H20N4O.ClH/c21-16(20-7-5-12-2-1-6-17-11-12)13-3-4-14-15(10-13)19-9-8-18-14;/h3-4,8-10,12,17H,1-2,5-7,11H2,(H,20,21);1H. The van der Waals surface area contributed by atoms with Crippen LogP contribution in [0.25, 0.3) is 11.0 Å². The average Bonchev–Trinajstić information content (AvgIpc) is 2.55. The van der Waals surface area contributed by atoms with Crippen molar-refractivity contribution >= 4 is 29.3 Å².